The van der Waals surface area contributed by atoms with Crippen molar-refractivity contribution in [3.63, 3.8) is 0 Å². The van der Waals surface area contributed by atoms with Crippen molar-refractivity contribution in [3.8, 4) is 5.95 Å². The van der Waals surface area contributed by atoms with Crippen molar-refractivity contribution in [2.45, 2.75) is 38.5 Å². The summed E-state index contributed by atoms with van der Waals surface area (Å²) in [4.78, 5) is 9.38. The largest absolute Gasteiger partial charge is 0.337 e. The summed E-state index contributed by atoms with van der Waals surface area (Å²) >= 11 is 0. The predicted molar refractivity (Wildman–Crippen MR) is 87.9 cm³/mol. The summed E-state index contributed by atoms with van der Waals surface area (Å²) in [5.41, 5.74) is 1.95. The van der Waals surface area contributed by atoms with Crippen LogP contribution < -0.4 is 5.32 Å². The molecule has 1 aliphatic rings. The van der Waals surface area contributed by atoms with Gasteiger partial charge in [-0.3, -0.25) is 4.57 Å². The summed E-state index contributed by atoms with van der Waals surface area (Å²) in [5.74, 6) is 2.06. The Morgan fingerprint density at radius 3 is 2.78 bits per heavy atom. The molecule has 0 spiro atoms. The van der Waals surface area contributed by atoms with E-state index in [1.54, 1.807) is 0 Å². The molecule has 6 nitrogen and oxygen atoms in total. The maximum Gasteiger partial charge on any atom is 0.275 e. The van der Waals surface area contributed by atoms with Gasteiger partial charge in [-0.1, -0.05) is 13.8 Å². The standard InChI is InChI=1S/C17H21N5O/c1-11(2)14-4-3-12-7-10-22(15(12)19-14)17-20-16(23-21-17)13-5-8-18-9-6-13/h3-4,7,10-11,13,18H,5-6,8-9H2,1-2H3. The average molecular weight is 311 g/mol. The third kappa shape index (κ3) is 2.63. The van der Waals surface area contributed by atoms with Crippen LogP contribution in [-0.2, 0) is 0 Å². The van der Waals surface area contributed by atoms with Crippen molar-refractivity contribution in [2.24, 2.45) is 0 Å². The molecule has 0 aromatic carbocycles. The van der Waals surface area contributed by atoms with Crippen LogP contribution in [0.1, 0.15) is 50.1 Å². The highest BCUT2D eigenvalue weighted by Gasteiger charge is 2.22. The van der Waals surface area contributed by atoms with E-state index < -0.39 is 0 Å². The molecule has 3 aromatic heterocycles. The van der Waals surface area contributed by atoms with Crippen molar-refractivity contribution >= 4 is 11.0 Å². The Kier molecular flexibility index (Phi) is 3.61. The first-order valence-corrected chi connectivity index (χ1v) is 8.25. The van der Waals surface area contributed by atoms with Crippen molar-refractivity contribution in [1.29, 1.82) is 0 Å². The molecule has 0 saturated carbocycles. The summed E-state index contributed by atoms with van der Waals surface area (Å²) in [5, 5.41) is 8.62. The Balaban J connectivity index is 1.71. The second kappa shape index (κ2) is 5.77. The van der Waals surface area contributed by atoms with Gasteiger partial charge in [0.1, 0.15) is 5.65 Å². The summed E-state index contributed by atoms with van der Waals surface area (Å²) in [6, 6.07) is 6.21. The van der Waals surface area contributed by atoms with E-state index in [-0.39, 0.29) is 0 Å². The van der Waals surface area contributed by atoms with Gasteiger partial charge in [0.25, 0.3) is 5.95 Å². The molecular weight excluding hydrogens is 290 g/mol. The molecule has 120 valence electrons. The van der Waals surface area contributed by atoms with Gasteiger partial charge in [-0.2, -0.15) is 4.98 Å². The zero-order valence-electron chi connectivity index (χ0n) is 13.5. The van der Waals surface area contributed by atoms with E-state index in [9.17, 15) is 0 Å². The molecule has 0 bridgehead atoms. The molecule has 1 aliphatic heterocycles. The first-order chi connectivity index (χ1) is 11.2. The van der Waals surface area contributed by atoms with E-state index in [0.717, 1.165) is 48.5 Å². The lowest BCUT2D eigenvalue weighted by molar-refractivity contribution is 0.319. The molecule has 0 aliphatic carbocycles. The second-order valence-corrected chi connectivity index (χ2v) is 6.45. The molecule has 4 rings (SSSR count). The SMILES string of the molecule is CC(C)c1ccc2ccn(-c3noc(C4CCNCC4)n3)c2n1. The topological polar surface area (TPSA) is 68.8 Å². The van der Waals surface area contributed by atoms with E-state index in [1.807, 2.05) is 16.8 Å². The van der Waals surface area contributed by atoms with Crippen molar-refractivity contribution in [2.75, 3.05) is 13.1 Å². The predicted octanol–water partition coefficient (Wildman–Crippen LogP) is 3.00. The van der Waals surface area contributed by atoms with Gasteiger partial charge in [-0.05, 0) is 55.2 Å². The van der Waals surface area contributed by atoms with E-state index in [1.165, 1.54) is 0 Å². The first-order valence-electron chi connectivity index (χ1n) is 8.25. The minimum Gasteiger partial charge on any atom is -0.337 e. The second-order valence-electron chi connectivity index (χ2n) is 6.45. The number of piperidine rings is 1. The number of rotatable bonds is 3. The van der Waals surface area contributed by atoms with Gasteiger partial charge in [0.05, 0.1) is 0 Å². The fourth-order valence-electron chi connectivity index (χ4n) is 3.06. The van der Waals surface area contributed by atoms with Crippen LogP contribution in [0.4, 0.5) is 0 Å². The Hall–Kier alpha value is -2.21. The van der Waals surface area contributed by atoms with Gasteiger partial charge in [0, 0.05) is 23.2 Å². The van der Waals surface area contributed by atoms with Crippen LogP contribution in [-0.4, -0.2) is 32.8 Å². The molecular formula is C17H21N5O. The molecule has 1 saturated heterocycles. The number of pyridine rings is 1. The zero-order chi connectivity index (χ0) is 15.8. The van der Waals surface area contributed by atoms with Crippen LogP contribution in [0.5, 0.6) is 0 Å². The molecule has 0 unspecified atom stereocenters. The Morgan fingerprint density at radius 2 is 2.00 bits per heavy atom. The fourth-order valence-corrected chi connectivity index (χ4v) is 3.06. The van der Waals surface area contributed by atoms with Crippen molar-refractivity contribution in [3.05, 3.63) is 36.0 Å². The number of aromatic nitrogens is 4. The van der Waals surface area contributed by atoms with Gasteiger partial charge < -0.3 is 9.84 Å². The highest BCUT2D eigenvalue weighted by atomic mass is 16.5. The van der Waals surface area contributed by atoms with Crippen LogP contribution in [0.3, 0.4) is 0 Å². The van der Waals surface area contributed by atoms with Crippen LogP contribution in [0.15, 0.2) is 28.9 Å². The average Bonchev–Trinajstić information content (AvgIpc) is 3.21. The van der Waals surface area contributed by atoms with Crippen molar-refractivity contribution in [1.82, 2.24) is 25.0 Å². The maximum absolute atomic E-state index is 5.52. The Labute approximate surface area is 134 Å². The lowest BCUT2D eigenvalue weighted by atomic mass is 9.98. The van der Waals surface area contributed by atoms with E-state index in [0.29, 0.717) is 17.8 Å². The third-order valence-electron chi connectivity index (χ3n) is 4.48. The fraction of sp³-hybridized carbons (Fsp3) is 0.471. The molecule has 6 heteroatoms. The lowest BCUT2D eigenvalue weighted by Gasteiger charge is -2.18. The van der Waals surface area contributed by atoms with Crippen LogP contribution in [0.2, 0.25) is 0 Å². The maximum atomic E-state index is 5.52. The highest BCUT2D eigenvalue weighted by Crippen LogP contribution is 2.25. The van der Waals surface area contributed by atoms with Gasteiger partial charge in [-0.25, -0.2) is 4.98 Å². The molecule has 0 amide bonds. The summed E-state index contributed by atoms with van der Waals surface area (Å²) in [7, 11) is 0. The summed E-state index contributed by atoms with van der Waals surface area (Å²) in [6.07, 6.45) is 4.05. The molecule has 0 atom stereocenters. The smallest absolute Gasteiger partial charge is 0.275 e. The highest BCUT2D eigenvalue weighted by molar-refractivity contribution is 5.77. The van der Waals surface area contributed by atoms with E-state index >= 15 is 0 Å². The third-order valence-corrected chi connectivity index (χ3v) is 4.48. The minimum absolute atomic E-state index is 0.360. The van der Waals surface area contributed by atoms with Gasteiger partial charge >= 0.3 is 0 Å². The molecule has 23 heavy (non-hydrogen) atoms. The Bertz CT molecular complexity index is 813. The molecule has 3 aromatic rings. The van der Waals surface area contributed by atoms with E-state index in [2.05, 4.69) is 41.4 Å². The lowest BCUT2D eigenvalue weighted by Crippen LogP contribution is -2.26. The van der Waals surface area contributed by atoms with Crippen molar-refractivity contribution < 1.29 is 4.52 Å². The number of nitrogens with one attached hydrogen (secondary N) is 1. The van der Waals surface area contributed by atoms with Gasteiger partial charge in [0.15, 0.2) is 0 Å². The zero-order valence-corrected chi connectivity index (χ0v) is 13.5. The number of fused-ring (bicyclic) bond motifs is 1. The number of nitrogens with zero attached hydrogens (tertiary/aromatic N) is 4. The number of hydrogen-bond acceptors (Lipinski definition) is 5. The summed E-state index contributed by atoms with van der Waals surface area (Å²) in [6.45, 7) is 6.30. The normalized spacial score (nSPS) is 16.5. The van der Waals surface area contributed by atoms with Crippen LogP contribution in [0.25, 0.3) is 17.0 Å². The molecule has 0 radical (unpaired) electrons. The van der Waals surface area contributed by atoms with Gasteiger partial charge in [-0.15, -0.1) is 0 Å². The molecule has 4 heterocycles. The minimum atomic E-state index is 0.360. The number of hydrogen-bond donors (Lipinski definition) is 1. The van der Waals surface area contributed by atoms with Gasteiger partial charge in [0.2, 0.25) is 5.89 Å². The molecule has 1 N–H and O–H groups in total. The quantitative estimate of drug-likeness (QED) is 0.805. The van der Waals surface area contributed by atoms with Crippen LogP contribution in [0, 0.1) is 0 Å². The van der Waals surface area contributed by atoms with Crippen LogP contribution >= 0.6 is 0 Å². The first kappa shape index (κ1) is 14.4. The summed E-state index contributed by atoms with van der Waals surface area (Å²) < 4.78 is 7.43. The van der Waals surface area contributed by atoms with E-state index in [4.69, 9.17) is 9.51 Å². The monoisotopic (exact) mass is 311 g/mol. The molecule has 1 fully saturated rings. The Morgan fingerprint density at radius 1 is 1.17 bits per heavy atom.